The van der Waals surface area contributed by atoms with Gasteiger partial charge in [0.15, 0.2) is 11.4 Å². The maximum Gasteiger partial charge on any atom is 0.303 e. The minimum atomic E-state index is -0.966. The van der Waals surface area contributed by atoms with Crippen LogP contribution in [0.3, 0.4) is 0 Å². The third-order valence-corrected chi connectivity index (χ3v) is 9.40. The van der Waals surface area contributed by atoms with Crippen LogP contribution < -0.4 is 0 Å². The van der Waals surface area contributed by atoms with Gasteiger partial charge in [-0.25, -0.2) is 0 Å². The van der Waals surface area contributed by atoms with E-state index in [1.54, 1.807) is 6.92 Å². The van der Waals surface area contributed by atoms with E-state index in [0.29, 0.717) is 24.2 Å². The van der Waals surface area contributed by atoms with Crippen molar-refractivity contribution in [3.8, 4) is 0 Å². The smallest absolute Gasteiger partial charge is 0.303 e. The summed E-state index contributed by atoms with van der Waals surface area (Å²) in [6.45, 7) is 9.11. The lowest BCUT2D eigenvalue weighted by atomic mass is 9.46. The third kappa shape index (κ3) is 2.98. The van der Waals surface area contributed by atoms with Crippen molar-refractivity contribution in [3.05, 3.63) is 11.6 Å². The second-order valence-electron chi connectivity index (χ2n) is 10.7. The highest BCUT2D eigenvalue weighted by atomic mass is 16.6. The highest BCUT2D eigenvalue weighted by Gasteiger charge is 2.67. The van der Waals surface area contributed by atoms with Gasteiger partial charge in [0, 0.05) is 25.7 Å². The summed E-state index contributed by atoms with van der Waals surface area (Å²) in [5, 5.41) is 0. The number of Topliss-reactive ketones (excluding diaryl/α,β-unsaturated/α-hetero) is 1. The highest BCUT2D eigenvalue weighted by Crippen LogP contribution is 2.68. The number of fused-ring (bicyclic) bond motifs is 5. The molecule has 0 aromatic heterocycles. The summed E-state index contributed by atoms with van der Waals surface area (Å²) >= 11 is 0. The minimum Gasteiger partial charge on any atom is -0.462 e. The molecule has 30 heavy (non-hydrogen) atoms. The van der Waals surface area contributed by atoms with Crippen LogP contribution in [0.25, 0.3) is 0 Å². The molecule has 4 aliphatic rings. The largest absolute Gasteiger partial charge is 0.462 e. The third-order valence-electron chi connectivity index (χ3n) is 9.40. The van der Waals surface area contributed by atoms with Gasteiger partial charge in [0.05, 0.1) is 0 Å². The molecule has 4 rings (SSSR count). The predicted molar refractivity (Wildman–Crippen MR) is 112 cm³/mol. The van der Waals surface area contributed by atoms with Crippen LogP contribution in [0.4, 0.5) is 0 Å². The first-order chi connectivity index (χ1) is 14.0. The van der Waals surface area contributed by atoms with Gasteiger partial charge < -0.3 is 9.47 Å². The molecule has 5 heteroatoms. The van der Waals surface area contributed by atoms with Crippen molar-refractivity contribution in [2.75, 3.05) is 0 Å². The molecule has 0 amide bonds. The van der Waals surface area contributed by atoms with Gasteiger partial charge in [0.25, 0.3) is 0 Å². The molecule has 0 N–H and O–H groups in total. The van der Waals surface area contributed by atoms with Gasteiger partial charge in [-0.15, -0.1) is 0 Å². The molecule has 0 bridgehead atoms. The summed E-state index contributed by atoms with van der Waals surface area (Å²) in [4.78, 5) is 36.2. The average molecular weight is 417 g/mol. The lowest BCUT2D eigenvalue weighted by Crippen LogP contribution is -2.58. The van der Waals surface area contributed by atoms with Gasteiger partial charge in [-0.2, -0.15) is 0 Å². The zero-order valence-electron chi connectivity index (χ0n) is 19.1. The zero-order valence-corrected chi connectivity index (χ0v) is 19.1. The molecule has 0 saturated heterocycles. The number of carbonyl (C=O) groups excluding carboxylic acids is 3. The maximum atomic E-state index is 12.8. The van der Waals surface area contributed by atoms with E-state index in [1.165, 1.54) is 19.4 Å². The van der Waals surface area contributed by atoms with Gasteiger partial charge >= 0.3 is 11.9 Å². The van der Waals surface area contributed by atoms with Gasteiger partial charge in [0.1, 0.15) is 6.10 Å². The molecule has 0 aromatic carbocycles. The number of hydrogen-bond donors (Lipinski definition) is 0. The van der Waals surface area contributed by atoms with Crippen molar-refractivity contribution in [2.24, 2.45) is 28.6 Å². The zero-order chi connectivity index (χ0) is 21.9. The van der Waals surface area contributed by atoms with Crippen LogP contribution in [-0.2, 0) is 23.9 Å². The molecule has 0 spiro atoms. The average Bonchev–Trinajstić information content (AvgIpc) is 2.94. The number of hydrogen-bond acceptors (Lipinski definition) is 5. The number of esters is 2. The number of ketones is 1. The van der Waals surface area contributed by atoms with Crippen molar-refractivity contribution in [1.29, 1.82) is 0 Å². The van der Waals surface area contributed by atoms with Crippen molar-refractivity contribution in [1.82, 2.24) is 0 Å². The molecule has 0 heterocycles. The molecule has 3 saturated carbocycles. The first kappa shape index (κ1) is 21.6. The standard InChI is InChI=1S/C25H36O5/c1-15(26)25(30-17(3)28)13-10-22-20-7-6-18-14-19(29-16(2)27)8-11-23(18,4)21(20)9-12-24(22,25)5/h6,19-22H,7-14H2,1-5H3/t19-,20+,21-,22+,23+,24+,25-/m0/s1. The molecule has 0 aromatic rings. The molecule has 0 radical (unpaired) electrons. The molecule has 166 valence electrons. The van der Waals surface area contributed by atoms with E-state index in [2.05, 4.69) is 19.9 Å². The van der Waals surface area contributed by atoms with Crippen LogP contribution in [-0.4, -0.2) is 29.4 Å². The molecule has 3 fully saturated rings. The Labute approximate surface area is 179 Å². The summed E-state index contributed by atoms with van der Waals surface area (Å²) < 4.78 is 11.4. The fourth-order valence-corrected chi connectivity index (χ4v) is 8.02. The maximum absolute atomic E-state index is 12.8. The monoisotopic (exact) mass is 416 g/mol. The fourth-order valence-electron chi connectivity index (χ4n) is 8.02. The Morgan fingerprint density at radius 1 is 0.933 bits per heavy atom. The van der Waals surface area contributed by atoms with Gasteiger partial charge in [-0.1, -0.05) is 25.5 Å². The molecule has 7 atom stereocenters. The van der Waals surface area contributed by atoms with E-state index in [-0.39, 0.29) is 34.7 Å². The summed E-state index contributed by atoms with van der Waals surface area (Å²) in [5.74, 6) is 0.939. The molecule has 4 aliphatic carbocycles. The number of rotatable bonds is 3. The first-order valence-corrected chi connectivity index (χ1v) is 11.6. The first-order valence-electron chi connectivity index (χ1n) is 11.6. The van der Waals surface area contributed by atoms with Crippen molar-refractivity contribution < 1.29 is 23.9 Å². The van der Waals surface area contributed by atoms with Crippen molar-refractivity contribution in [3.63, 3.8) is 0 Å². The Balaban J connectivity index is 1.63. The topological polar surface area (TPSA) is 69.7 Å². The summed E-state index contributed by atoms with van der Waals surface area (Å²) in [7, 11) is 0. The highest BCUT2D eigenvalue weighted by molar-refractivity contribution is 5.89. The van der Waals surface area contributed by atoms with Crippen LogP contribution in [0.2, 0.25) is 0 Å². The quantitative estimate of drug-likeness (QED) is 0.489. The Kier molecular flexibility index (Phi) is 5.18. The Hall–Kier alpha value is -1.65. The van der Waals surface area contributed by atoms with Crippen LogP contribution in [0.1, 0.15) is 86.0 Å². The minimum absolute atomic E-state index is 0.00120. The molecule has 0 unspecified atom stereocenters. The second-order valence-corrected chi connectivity index (χ2v) is 10.7. The van der Waals surface area contributed by atoms with Gasteiger partial charge in [-0.05, 0) is 75.0 Å². The molecular formula is C25H36O5. The lowest BCUT2D eigenvalue weighted by molar-refractivity contribution is -0.186. The van der Waals surface area contributed by atoms with Crippen LogP contribution in [0.15, 0.2) is 11.6 Å². The fraction of sp³-hybridized carbons (Fsp3) is 0.800. The normalized spacial score (nSPS) is 44.8. The second kappa shape index (κ2) is 7.20. The van der Waals surface area contributed by atoms with E-state index in [4.69, 9.17) is 9.47 Å². The van der Waals surface area contributed by atoms with Gasteiger partial charge in [0.2, 0.25) is 0 Å². The van der Waals surface area contributed by atoms with E-state index in [1.807, 2.05) is 0 Å². The SMILES string of the molecule is CC(=O)O[C@H]1CC[C@]2(C)C(=CC[C@H]3[C@H]4CC[C@](OC(C)=O)(C(C)=O)[C@]4(C)CC[C@@H]32)C1. The van der Waals surface area contributed by atoms with E-state index >= 15 is 0 Å². The number of allylic oxidation sites excluding steroid dienone is 1. The Bertz CT molecular complexity index is 799. The molecular weight excluding hydrogens is 380 g/mol. The van der Waals surface area contributed by atoms with Gasteiger partial charge in [-0.3, -0.25) is 14.4 Å². The Morgan fingerprint density at radius 3 is 2.27 bits per heavy atom. The van der Waals surface area contributed by atoms with Crippen molar-refractivity contribution in [2.45, 2.75) is 97.7 Å². The van der Waals surface area contributed by atoms with Crippen LogP contribution in [0.5, 0.6) is 0 Å². The van der Waals surface area contributed by atoms with Crippen LogP contribution in [0, 0.1) is 28.6 Å². The summed E-state index contributed by atoms with van der Waals surface area (Å²) in [6, 6.07) is 0. The summed E-state index contributed by atoms with van der Waals surface area (Å²) in [6.07, 6.45) is 9.81. The Morgan fingerprint density at radius 2 is 1.63 bits per heavy atom. The van der Waals surface area contributed by atoms with E-state index in [9.17, 15) is 14.4 Å². The number of carbonyl (C=O) groups is 3. The van der Waals surface area contributed by atoms with E-state index < -0.39 is 5.60 Å². The van der Waals surface area contributed by atoms with E-state index in [0.717, 1.165) is 44.9 Å². The van der Waals surface area contributed by atoms with Crippen LogP contribution >= 0.6 is 0 Å². The van der Waals surface area contributed by atoms with Crippen molar-refractivity contribution >= 4 is 17.7 Å². The number of ether oxygens (including phenoxy) is 2. The summed E-state index contributed by atoms with van der Waals surface area (Å²) in [5.41, 5.74) is 0.346. The lowest BCUT2D eigenvalue weighted by Gasteiger charge is -2.59. The molecule has 5 nitrogen and oxygen atoms in total. The predicted octanol–water partition coefficient (Wildman–Crippen LogP) is 4.77. The molecule has 0 aliphatic heterocycles.